The van der Waals surface area contributed by atoms with E-state index in [4.69, 9.17) is 9.84 Å². The van der Waals surface area contributed by atoms with Crippen molar-refractivity contribution in [2.75, 3.05) is 12.4 Å². The smallest absolute Gasteiger partial charge is 0.409 e. The van der Waals surface area contributed by atoms with Crippen molar-refractivity contribution < 1.29 is 14.6 Å². The van der Waals surface area contributed by atoms with Crippen LogP contribution in [0.15, 0.2) is 18.2 Å². The van der Waals surface area contributed by atoms with Gasteiger partial charge in [0.05, 0.1) is 12.8 Å². The van der Waals surface area contributed by atoms with Gasteiger partial charge in [0.15, 0.2) is 0 Å². The molecule has 0 spiro atoms. The van der Waals surface area contributed by atoms with Gasteiger partial charge in [-0.3, -0.25) is 5.32 Å². The van der Waals surface area contributed by atoms with Crippen LogP contribution >= 0.6 is 0 Å². The second kappa shape index (κ2) is 3.80. The molecule has 4 heteroatoms. The first-order valence-electron chi connectivity index (χ1n) is 3.78. The van der Waals surface area contributed by atoms with Gasteiger partial charge in [-0.1, -0.05) is 6.07 Å². The molecule has 0 saturated heterocycles. The molecule has 1 amide bonds. The Hall–Kier alpha value is -1.71. The number of ether oxygens (including phenoxy) is 1. The third-order valence-electron chi connectivity index (χ3n) is 1.69. The summed E-state index contributed by atoms with van der Waals surface area (Å²) in [6, 6.07) is 5.22. The van der Waals surface area contributed by atoms with Crippen molar-refractivity contribution in [2.24, 2.45) is 0 Å². The molecule has 0 aliphatic rings. The van der Waals surface area contributed by atoms with E-state index in [0.29, 0.717) is 11.4 Å². The van der Waals surface area contributed by atoms with E-state index in [-0.39, 0.29) is 0 Å². The fraction of sp³-hybridized carbons (Fsp3) is 0.222. The first kappa shape index (κ1) is 9.38. The Bertz CT molecular complexity index is 323. The summed E-state index contributed by atoms with van der Waals surface area (Å²) in [5.41, 5.74) is 1.41. The van der Waals surface area contributed by atoms with Crippen LogP contribution < -0.4 is 10.1 Å². The van der Waals surface area contributed by atoms with Gasteiger partial charge in [0.25, 0.3) is 0 Å². The van der Waals surface area contributed by atoms with Gasteiger partial charge in [0.2, 0.25) is 0 Å². The van der Waals surface area contributed by atoms with E-state index >= 15 is 0 Å². The molecule has 0 heterocycles. The van der Waals surface area contributed by atoms with E-state index in [0.717, 1.165) is 5.56 Å². The van der Waals surface area contributed by atoms with E-state index in [1.165, 1.54) is 7.11 Å². The predicted molar refractivity (Wildman–Crippen MR) is 49.4 cm³/mol. The van der Waals surface area contributed by atoms with Gasteiger partial charge in [0, 0.05) is 6.07 Å². The SMILES string of the molecule is COc1ccc(C)c(NC(=O)O)c1. The predicted octanol–water partition coefficient (Wildman–Crippen LogP) is 2.09. The number of hydrogen-bond donors (Lipinski definition) is 2. The molecule has 0 radical (unpaired) electrons. The van der Waals surface area contributed by atoms with Crippen LogP contribution in [0.3, 0.4) is 0 Å². The monoisotopic (exact) mass is 181 g/mol. The summed E-state index contributed by atoms with van der Waals surface area (Å²) in [6.07, 6.45) is -1.07. The maximum absolute atomic E-state index is 10.4. The highest BCUT2D eigenvalue weighted by molar-refractivity contribution is 5.84. The molecule has 13 heavy (non-hydrogen) atoms. The van der Waals surface area contributed by atoms with E-state index in [2.05, 4.69) is 5.32 Å². The summed E-state index contributed by atoms with van der Waals surface area (Å²) in [7, 11) is 1.54. The van der Waals surface area contributed by atoms with Crippen molar-refractivity contribution >= 4 is 11.8 Å². The largest absolute Gasteiger partial charge is 0.497 e. The third-order valence-corrected chi connectivity index (χ3v) is 1.69. The van der Waals surface area contributed by atoms with Crippen LogP contribution in [-0.4, -0.2) is 18.3 Å². The summed E-state index contributed by atoms with van der Waals surface area (Å²) >= 11 is 0. The van der Waals surface area contributed by atoms with E-state index < -0.39 is 6.09 Å². The molecule has 0 aliphatic carbocycles. The maximum Gasteiger partial charge on any atom is 0.409 e. The zero-order valence-corrected chi connectivity index (χ0v) is 7.50. The van der Waals surface area contributed by atoms with Gasteiger partial charge in [-0.05, 0) is 18.6 Å². The molecular weight excluding hydrogens is 170 g/mol. The number of amides is 1. The standard InChI is InChI=1S/C9H11NO3/c1-6-3-4-7(13-2)5-8(6)10-9(11)12/h3-5,10H,1-2H3,(H,11,12). The molecule has 0 fully saturated rings. The number of nitrogens with one attached hydrogen (secondary N) is 1. The number of methoxy groups -OCH3 is 1. The molecule has 0 aromatic heterocycles. The Balaban J connectivity index is 2.96. The van der Waals surface area contributed by atoms with Crippen molar-refractivity contribution in [3.8, 4) is 5.75 Å². The molecular formula is C9H11NO3. The lowest BCUT2D eigenvalue weighted by Gasteiger charge is -2.07. The average Bonchev–Trinajstić information content (AvgIpc) is 2.08. The first-order valence-corrected chi connectivity index (χ1v) is 3.78. The fourth-order valence-electron chi connectivity index (χ4n) is 0.978. The minimum Gasteiger partial charge on any atom is -0.497 e. The molecule has 0 unspecified atom stereocenters. The van der Waals surface area contributed by atoms with Gasteiger partial charge in [-0.2, -0.15) is 0 Å². The van der Waals surface area contributed by atoms with Crippen molar-refractivity contribution in [3.05, 3.63) is 23.8 Å². The molecule has 1 aromatic rings. The Labute approximate surface area is 76.1 Å². The van der Waals surface area contributed by atoms with Crippen LogP contribution in [-0.2, 0) is 0 Å². The van der Waals surface area contributed by atoms with Gasteiger partial charge < -0.3 is 9.84 Å². The van der Waals surface area contributed by atoms with Crippen LogP contribution in [0.1, 0.15) is 5.56 Å². The van der Waals surface area contributed by atoms with Gasteiger partial charge >= 0.3 is 6.09 Å². The molecule has 0 atom stereocenters. The Morgan fingerprint density at radius 3 is 2.77 bits per heavy atom. The van der Waals surface area contributed by atoms with Crippen molar-refractivity contribution in [1.29, 1.82) is 0 Å². The van der Waals surface area contributed by atoms with Crippen molar-refractivity contribution in [3.63, 3.8) is 0 Å². The molecule has 0 saturated carbocycles. The topological polar surface area (TPSA) is 58.6 Å². The third kappa shape index (κ3) is 2.37. The lowest BCUT2D eigenvalue weighted by molar-refractivity contribution is 0.209. The van der Waals surface area contributed by atoms with E-state index in [9.17, 15) is 4.79 Å². The number of carbonyl (C=O) groups is 1. The lowest BCUT2D eigenvalue weighted by Crippen LogP contribution is -2.08. The quantitative estimate of drug-likeness (QED) is 0.734. The highest BCUT2D eigenvalue weighted by atomic mass is 16.5. The maximum atomic E-state index is 10.4. The fourth-order valence-corrected chi connectivity index (χ4v) is 0.978. The second-order valence-electron chi connectivity index (χ2n) is 2.61. The zero-order chi connectivity index (χ0) is 9.84. The van der Waals surface area contributed by atoms with Crippen LogP contribution in [0.25, 0.3) is 0 Å². The molecule has 1 rings (SSSR count). The van der Waals surface area contributed by atoms with Gasteiger partial charge in [-0.25, -0.2) is 4.79 Å². The lowest BCUT2D eigenvalue weighted by atomic mass is 10.2. The Kier molecular flexibility index (Phi) is 2.74. The van der Waals surface area contributed by atoms with Crippen molar-refractivity contribution in [1.82, 2.24) is 0 Å². The van der Waals surface area contributed by atoms with Crippen molar-refractivity contribution in [2.45, 2.75) is 6.92 Å². The summed E-state index contributed by atoms with van der Waals surface area (Å²) in [5.74, 6) is 0.634. The Morgan fingerprint density at radius 2 is 2.23 bits per heavy atom. The van der Waals surface area contributed by atoms with E-state index in [1.807, 2.05) is 6.92 Å². The molecule has 2 N–H and O–H groups in total. The minimum absolute atomic E-state index is 0.548. The Morgan fingerprint density at radius 1 is 1.54 bits per heavy atom. The van der Waals surface area contributed by atoms with Crippen LogP contribution in [0, 0.1) is 6.92 Å². The van der Waals surface area contributed by atoms with Crippen LogP contribution in [0.5, 0.6) is 5.75 Å². The van der Waals surface area contributed by atoms with Gasteiger partial charge in [0.1, 0.15) is 5.75 Å². The first-order chi connectivity index (χ1) is 6.13. The number of carboxylic acid groups (broad SMARTS) is 1. The average molecular weight is 181 g/mol. The second-order valence-corrected chi connectivity index (χ2v) is 2.61. The summed E-state index contributed by atoms with van der Waals surface area (Å²) < 4.78 is 4.96. The van der Waals surface area contributed by atoms with Crippen LogP contribution in [0.4, 0.5) is 10.5 Å². The highest BCUT2D eigenvalue weighted by Crippen LogP contribution is 2.21. The summed E-state index contributed by atoms with van der Waals surface area (Å²) in [6.45, 7) is 1.82. The number of aryl methyl sites for hydroxylation is 1. The highest BCUT2D eigenvalue weighted by Gasteiger charge is 2.02. The molecule has 1 aromatic carbocycles. The number of anilines is 1. The van der Waals surface area contributed by atoms with Gasteiger partial charge in [-0.15, -0.1) is 0 Å². The molecule has 70 valence electrons. The number of rotatable bonds is 2. The summed E-state index contributed by atoms with van der Waals surface area (Å²) in [4.78, 5) is 10.4. The minimum atomic E-state index is -1.07. The zero-order valence-electron chi connectivity index (χ0n) is 7.50. The molecule has 0 bridgehead atoms. The van der Waals surface area contributed by atoms with E-state index in [1.54, 1.807) is 18.2 Å². The normalized spacial score (nSPS) is 9.38. The molecule has 0 aliphatic heterocycles. The van der Waals surface area contributed by atoms with Crippen LogP contribution in [0.2, 0.25) is 0 Å². The number of benzene rings is 1. The molecule has 4 nitrogen and oxygen atoms in total. The summed E-state index contributed by atoms with van der Waals surface area (Å²) in [5, 5.41) is 10.8. The number of hydrogen-bond acceptors (Lipinski definition) is 2.